The van der Waals surface area contributed by atoms with Gasteiger partial charge in [-0.05, 0) is 82.6 Å². The van der Waals surface area contributed by atoms with Gasteiger partial charge in [-0.1, -0.05) is 73.7 Å². The average molecular weight is 481 g/mol. The van der Waals surface area contributed by atoms with Crippen LogP contribution in [0.1, 0.15) is 35.1 Å². The highest BCUT2D eigenvalue weighted by atomic mass is 15.1. The fourth-order valence-electron chi connectivity index (χ4n) is 5.69. The Kier molecular flexibility index (Phi) is 6.02. The van der Waals surface area contributed by atoms with Crippen molar-refractivity contribution in [3.05, 3.63) is 145 Å². The monoisotopic (exact) mass is 480 g/mol. The number of para-hydroxylation sites is 2. The molecule has 1 aliphatic carbocycles. The summed E-state index contributed by atoms with van der Waals surface area (Å²) in [6.45, 7) is 11.0. The van der Waals surface area contributed by atoms with Gasteiger partial charge >= 0.3 is 0 Å². The molecule has 0 radical (unpaired) electrons. The highest BCUT2D eigenvalue weighted by molar-refractivity contribution is 5.85. The van der Waals surface area contributed by atoms with Crippen LogP contribution in [0.5, 0.6) is 0 Å². The number of allylic oxidation sites excluding steroid dienone is 2. The largest absolute Gasteiger partial charge is 0.337 e. The Bertz CT molecular complexity index is 1530. The predicted molar refractivity (Wildman–Crippen MR) is 158 cm³/mol. The minimum atomic E-state index is 0.265. The van der Waals surface area contributed by atoms with Crippen LogP contribution in [0.3, 0.4) is 0 Å². The molecule has 2 heteroatoms. The molecule has 0 bridgehead atoms. The lowest BCUT2D eigenvalue weighted by Gasteiger charge is -2.28. The SMILES string of the molecule is C=CCN(c1ccc2c(c1)-c1cc(N3C=CCc4ccccc43)ccc1C2)c1ccccc1C(C)C=C. The molecule has 37 heavy (non-hydrogen) atoms. The molecule has 182 valence electrons. The summed E-state index contributed by atoms with van der Waals surface area (Å²) in [6, 6.07) is 31.2. The van der Waals surface area contributed by atoms with Crippen molar-refractivity contribution >= 4 is 22.7 Å². The fourth-order valence-corrected chi connectivity index (χ4v) is 5.69. The van der Waals surface area contributed by atoms with Crippen molar-refractivity contribution in [1.29, 1.82) is 0 Å². The van der Waals surface area contributed by atoms with Gasteiger partial charge in [0.2, 0.25) is 0 Å². The molecule has 0 amide bonds. The highest BCUT2D eigenvalue weighted by Crippen LogP contribution is 2.44. The van der Waals surface area contributed by atoms with E-state index in [-0.39, 0.29) is 5.92 Å². The Morgan fingerprint density at radius 2 is 1.62 bits per heavy atom. The van der Waals surface area contributed by atoms with E-state index in [1.54, 1.807) is 0 Å². The number of nitrogens with zero attached hydrogens (tertiary/aromatic N) is 2. The standard InChI is InChI=1S/C35H32N2/c1-4-20-36(35-15-9-7-13-31(35)25(3)5-2)29-18-16-27-22-28-17-19-30(24-33(28)32(27)23-29)37-21-10-12-26-11-6-8-14-34(26)37/h4-11,13-19,21,23-25H,1-2,12,20,22H2,3H3. The quantitative estimate of drug-likeness (QED) is 0.214. The molecule has 0 N–H and O–H groups in total. The van der Waals surface area contributed by atoms with Gasteiger partial charge in [-0.15, -0.1) is 13.2 Å². The third kappa shape index (κ3) is 4.09. The normalized spacial score (nSPS) is 13.9. The molecular weight excluding hydrogens is 448 g/mol. The first-order chi connectivity index (χ1) is 18.2. The number of hydrogen-bond acceptors (Lipinski definition) is 2. The highest BCUT2D eigenvalue weighted by Gasteiger charge is 2.23. The van der Waals surface area contributed by atoms with Gasteiger partial charge in [-0.3, -0.25) is 0 Å². The lowest BCUT2D eigenvalue weighted by atomic mass is 9.97. The van der Waals surface area contributed by atoms with Crippen LogP contribution >= 0.6 is 0 Å². The van der Waals surface area contributed by atoms with E-state index in [1.807, 2.05) is 12.2 Å². The van der Waals surface area contributed by atoms with Crippen molar-refractivity contribution in [2.75, 3.05) is 16.3 Å². The number of anilines is 4. The zero-order chi connectivity index (χ0) is 25.4. The molecule has 2 nitrogen and oxygen atoms in total. The molecule has 2 aliphatic rings. The number of benzene rings is 4. The maximum Gasteiger partial charge on any atom is 0.0490 e. The summed E-state index contributed by atoms with van der Waals surface area (Å²) in [5.74, 6) is 0.265. The minimum Gasteiger partial charge on any atom is -0.337 e. The van der Waals surface area contributed by atoms with E-state index in [4.69, 9.17) is 0 Å². The summed E-state index contributed by atoms with van der Waals surface area (Å²) in [5.41, 5.74) is 12.9. The van der Waals surface area contributed by atoms with Gasteiger partial charge in [-0.25, -0.2) is 0 Å². The van der Waals surface area contributed by atoms with Gasteiger partial charge in [-0.2, -0.15) is 0 Å². The molecular formula is C35H32N2. The fraction of sp³-hybridized carbons (Fsp3) is 0.143. The van der Waals surface area contributed by atoms with Gasteiger partial charge in [0.25, 0.3) is 0 Å². The van der Waals surface area contributed by atoms with Gasteiger partial charge in [0.05, 0.1) is 0 Å². The molecule has 0 spiro atoms. The lowest BCUT2D eigenvalue weighted by molar-refractivity contribution is 0.950. The van der Waals surface area contributed by atoms with Crippen molar-refractivity contribution in [3.63, 3.8) is 0 Å². The third-order valence-corrected chi connectivity index (χ3v) is 7.67. The zero-order valence-corrected chi connectivity index (χ0v) is 21.4. The molecule has 1 unspecified atom stereocenters. The van der Waals surface area contributed by atoms with Crippen molar-refractivity contribution in [1.82, 2.24) is 0 Å². The first-order valence-corrected chi connectivity index (χ1v) is 13.1. The second-order valence-electron chi connectivity index (χ2n) is 9.93. The Morgan fingerprint density at radius 3 is 2.46 bits per heavy atom. The first kappa shape index (κ1) is 23.1. The van der Waals surface area contributed by atoms with E-state index in [0.29, 0.717) is 0 Å². The molecule has 6 rings (SSSR count). The molecule has 0 saturated heterocycles. The van der Waals surface area contributed by atoms with Gasteiger partial charge in [0, 0.05) is 41.4 Å². The first-order valence-electron chi connectivity index (χ1n) is 13.1. The molecule has 4 aromatic carbocycles. The third-order valence-electron chi connectivity index (χ3n) is 7.67. The van der Waals surface area contributed by atoms with E-state index >= 15 is 0 Å². The minimum absolute atomic E-state index is 0.265. The second-order valence-corrected chi connectivity index (χ2v) is 9.93. The maximum atomic E-state index is 4.06. The molecule has 4 aromatic rings. The van der Waals surface area contributed by atoms with Gasteiger partial charge in [0.1, 0.15) is 0 Å². The summed E-state index contributed by atoms with van der Waals surface area (Å²) in [5, 5.41) is 0. The van der Waals surface area contributed by atoms with Crippen LogP contribution in [-0.4, -0.2) is 6.54 Å². The smallest absolute Gasteiger partial charge is 0.0490 e. The Morgan fingerprint density at radius 1 is 0.865 bits per heavy atom. The van der Waals surface area contributed by atoms with Crippen molar-refractivity contribution < 1.29 is 0 Å². The van der Waals surface area contributed by atoms with E-state index in [0.717, 1.165) is 19.4 Å². The number of hydrogen-bond donors (Lipinski definition) is 0. The van der Waals surface area contributed by atoms with E-state index < -0.39 is 0 Å². The molecule has 1 aliphatic heterocycles. The van der Waals surface area contributed by atoms with Crippen LogP contribution in [0.2, 0.25) is 0 Å². The Balaban J connectivity index is 1.42. The van der Waals surface area contributed by atoms with E-state index in [2.05, 4.69) is 127 Å². The maximum absolute atomic E-state index is 4.06. The molecule has 1 atom stereocenters. The predicted octanol–water partition coefficient (Wildman–Crippen LogP) is 9.08. The van der Waals surface area contributed by atoms with Crippen LogP contribution in [0, 0.1) is 0 Å². The summed E-state index contributed by atoms with van der Waals surface area (Å²) >= 11 is 0. The van der Waals surface area contributed by atoms with Crippen LogP contribution < -0.4 is 9.80 Å². The molecule has 0 saturated carbocycles. The Hall–Kier alpha value is -4.30. The summed E-state index contributed by atoms with van der Waals surface area (Å²) in [6.07, 6.45) is 10.4. The summed E-state index contributed by atoms with van der Waals surface area (Å²) < 4.78 is 0. The van der Waals surface area contributed by atoms with Crippen molar-refractivity contribution in [3.8, 4) is 11.1 Å². The zero-order valence-electron chi connectivity index (χ0n) is 21.4. The average Bonchev–Trinajstić information content (AvgIpc) is 3.32. The molecule has 1 heterocycles. The molecule has 0 fully saturated rings. The van der Waals surface area contributed by atoms with E-state index in [1.165, 1.54) is 56.1 Å². The van der Waals surface area contributed by atoms with Crippen molar-refractivity contribution in [2.45, 2.75) is 25.7 Å². The molecule has 0 aromatic heterocycles. The lowest BCUT2D eigenvalue weighted by Crippen LogP contribution is -2.19. The van der Waals surface area contributed by atoms with Crippen LogP contribution in [0.4, 0.5) is 22.7 Å². The van der Waals surface area contributed by atoms with E-state index in [9.17, 15) is 0 Å². The number of fused-ring (bicyclic) bond motifs is 4. The summed E-state index contributed by atoms with van der Waals surface area (Å²) in [7, 11) is 0. The summed E-state index contributed by atoms with van der Waals surface area (Å²) in [4.78, 5) is 4.69. The topological polar surface area (TPSA) is 6.48 Å². The second kappa shape index (κ2) is 9.63. The van der Waals surface area contributed by atoms with Crippen LogP contribution in [0.15, 0.2) is 123 Å². The van der Waals surface area contributed by atoms with Crippen molar-refractivity contribution in [2.24, 2.45) is 0 Å². The van der Waals surface area contributed by atoms with Gasteiger partial charge in [0.15, 0.2) is 0 Å². The van der Waals surface area contributed by atoms with Crippen LogP contribution in [-0.2, 0) is 12.8 Å². The Labute approximate surface area is 220 Å². The van der Waals surface area contributed by atoms with Gasteiger partial charge < -0.3 is 9.80 Å². The van der Waals surface area contributed by atoms with Crippen LogP contribution in [0.25, 0.3) is 11.1 Å². The number of rotatable bonds is 7.